The summed E-state index contributed by atoms with van der Waals surface area (Å²) in [6, 6.07) is 21.2. The number of aliphatic hydroxyl groups excluding tert-OH is 1. The van der Waals surface area contributed by atoms with E-state index < -0.39 is 17.7 Å². The number of nitrogens with zero attached hydrogens (tertiary/aromatic N) is 1. The molecular weight excluding hydrogens is 446 g/mol. The number of amides is 1. The van der Waals surface area contributed by atoms with Gasteiger partial charge in [-0.1, -0.05) is 42.5 Å². The largest absolute Gasteiger partial charge is 0.507 e. The molecule has 1 N–H and O–H groups in total. The van der Waals surface area contributed by atoms with Gasteiger partial charge in [0.05, 0.1) is 18.7 Å². The van der Waals surface area contributed by atoms with Crippen LogP contribution in [0.3, 0.4) is 0 Å². The molecule has 1 unspecified atom stereocenters. The SMILES string of the molecule is COc1ccc(C2/C(=C(/O)c3ccc4c(c3)OCCO4)C(=O)C(=O)N2CCc2ccccc2)cc1. The van der Waals surface area contributed by atoms with Crippen LogP contribution in [-0.4, -0.2) is 48.6 Å². The molecule has 35 heavy (non-hydrogen) atoms. The lowest BCUT2D eigenvalue weighted by molar-refractivity contribution is -0.139. The first-order valence-corrected chi connectivity index (χ1v) is 11.4. The molecule has 2 heterocycles. The molecule has 0 bridgehead atoms. The summed E-state index contributed by atoms with van der Waals surface area (Å²) in [6.07, 6.45) is 0.574. The average Bonchev–Trinajstić information content (AvgIpc) is 3.16. The minimum atomic E-state index is -0.738. The number of carbonyl (C=O) groups excluding carboxylic acids is 2. The summed E-state index contributed by atoms with van der Waals surface area (Å²) in [5, 5.41) is 11.3. The van der Waals surface area contributed by atoms with Gasteiger partial charge in [0.1, 0.15) is 24.7 Å². The minimum Gasteiger partial charge on any atom is -0.507 e. The molecule has 1 saturated heterocycles. The maximum atomic E-state index is 13.2. The van der Waals surface area contributed by atoms with E-state index in [-0.39, 0.29) is 11.3 Å². The summed E-state index contributed by atoms with van der Waals surface area (Å²) in [4.78, 5) is 28.0. The first-order chi connectivity index (χ1) is 17.1. The van der Waals surface area contributed by atoms with Crippen LogP contribution in [0.25, 0.3) is 5.76 Å². The second kappa shape index (κ2) is 9.54. The third-order valence-corrected chi connectivity index (χ3v) is 6.27. The minimum absolute atomic E-state index is 0.0462. The number of likely N-dealkylation sites (tertiary alicyclic amines) is 1. The smallest absolute Gasteiger partial charge is 0.295 e. The highest BCUT2D eigenvalue weighted by Gasteiger charge is 2.45. The van der Waals surface area contributed by atoms with Crippen LogP contribution in [-0.2, 0) is 16.0 Å². The van der Waals surface area contributed by atoms with E-state index in [1.54, 1.807) is 37.4 Å². The second-order valence-corrected chi connectivity index (χ2v) is 8.36. The summed E-state index contributed by atoms with van der Waals surface area (Å²) < 4.78 is 16.5. The quantitative estimate of drug-likeness (QED) is 0.331. The molecule has 1 fully saturated rings. The third-order valence-electron chi connectivity index (χ3n) is 6.27. The highest BCUT2D eigenvalue weighted by atomic mass is 16.6. The molecular formula is C28H25NO6. The maximum Gasteiger partial charge on any atom is 0.295 e. The standard InChI is InChI=1S/C28H25NO6/c1-33-21-10-7-19(8-11-21)25-24(26(30)20-9-12-22-23(17-20)35-16-15-34-22)27(31)28(32)29(25)14-13-18-5-3-2-4-6-18/h2-12,17,25,30H,13-16H2,1H3/b26-24-. The van der Waals surface area contributed by atoms with E-state index in [1.807, 2.05) is 42.5 Å². The van der Waals surface area contributed by atoms with Crippen LogP contribution in [0.1, 0.15) is 22.7 Å². The molecule has 7 heteroatoms. The van der Waals surface area contributed by atoms with Crippen molar-refractivity contribution < 1.29 is 28.9 Å². The number of ether oxygens (including phenoxy) is 3. The molecule has 178 valence electrons. The van der Waals surface area contributed by atoms with E-state index >= 15 is 0 Å². The van der Waals surface area contributed by atoms with Gasteiger partial charge in [0, 0.05) is 12.1 Å². The van der Waals surface area contributed by atoms with Crippen molar-refractivity contribution in [2.45, 2.75) is 12.5 Å². The van der Waals surface area contributed by atoms with E-state index in [9.17, 15) is 14.7 Å². The monoisotopic (exact) mass is 471 g/mol. The van der Waals surface area contributed by atoms with Crippen LogP contribution in [0.5, 0.6) is 17.2 Å². The van der Waals surface area contributed by atoms with Crippen molar-refractivity contribution in [2.75, 3.05) is 26.9 Å². The zero-order chi connectivity index (χ0) is 24.4. The molecule has 0 saturated carbocycles. The Morgan fingerprint density at radius 2 is 1.69 bits per heavy atom. The Bertz CT molecular complexity index is 1280. The summed E-state index contributed by atoms with van der Waals surface area (Å²) in [5.41, 5.74) is 2.19. The van der Waals surface area contributed by atoms with Crippen LogP contribution in [0, 0.1) is 0 Å². The highest BCUT2D eigenvalue weighted by Crippen LogP contribution is 2.41. The van der Waals surface area contributed by atoms with Crippen LogP contribution < -0.4 is 14.2 Å². The van der Waals surface area contributed by atoms with Crippen molar-refractivity contribution in [3.8, 4) is 17.2 Å². The first-order valence-electron chi connectivity index (χ1n) is 11.4. The number of aliphatic hydroxyl groups is 1. The van der Waals surface area contributed by atoms with E-state index in [0.717, 1.165) is 5.56 Å². The van der Waals surface area contributed by atoms with Crippen LogP contribution in [0.15, 0.2) is 78.4 Å². The number of benzene rings is 3. The predicted octanol–water partition coefficient (Wildman–Crippen LogP) is 4.13. The number of hydrogen-bond acceptors (Lipinski definition) is 6. The summed E-state index contributed by atoms with van der Waals surface area (Å²) in [6.45, 7) is 1.17. The molecule has 2 aliphatic heterocycles. The van der Waals surface area contributed by atoms with Crippen molar-refractivity contribution in [3.05, 3.63) is 95.1 Å². The molecule has 0 aromatic heterocycles. The zero-order valence-electron chi connectivity index (χ0n) is 19.3. The number of rotatable bonds is 6. The van der Waals surface area contributed by atoms with Gasteiger partial charge in [0.2, 0.25) is 0 Å². The van der Waals surface area contributed by atoms with E-state index in [1.165, 1.54) is 4.90 Å². The molecule has 5 rings (SSSR count). The zero-order valence-corrected chi connectivity index (χ0v) is 19.3. The topological polar surface area (TPSA) is 85.3 Å². The van der Waals surface area contributed by atoms with Gasteiger partial charge in [0.25, 0.3) is 11.7 Å². The Labute approximate surface area is 203 Å². The Hall–Kier alpha value is -4.26. The fraction of sp³-hybridized carbons (Fsp3) is 0.214. The molecule has 0 radical (unpaired) electrons. The van der Waals surface area contributed by atoms with Gasteiger partial charge >= 0.3 is 0 Å². The molecule has 2 aliphatic rings. The Morgan fingerprint density at radius 3 is 2.40 bits per heavy atom. The van der Waals surface area contributed by atoms with Crippen LogP contribution >= 0.6 is 0 Å². The number of fused-ring (bicyclic) bond motifs is 1. The molecule has 7 nitrogen and oxygen atoms in total. The molecule has 1 amide bonds. The number of methoxy groups -OCH3 is 1. The van der Waals surface area contributed by atoms with Gasteiger partial charge in [-0.05, 0) is 47.9 Å². The van der Waals surface area contributed by atoms with Crippen LogP contribution in [0.4, 0.5) is 0 Å². The Balaban J connectivity index is 1.57. The fourth-order valence-corrected chi connectivity index (χ4v) is 4.48. The number of carbonyl (C=O) groups is 2. The Kier molecular flexibility index (Phi) is 6.14. The van der Waals surface area contributed by atoms with Gasteiger partial charge in [0.15, 0.2) is 11.5 Å². The predicted molar refractivity (Wildman–Crippen MR) is 130 cm³/mol. The van der Waals surface area contributed by atoms with Gasteiger partial charge in [-0.25, -0.2) is 0 Å². The maximum absolute atomic E-state index is 13.2. The molecule has 0 aliphatic carbocycles. The second-order valence-electron chi connectivity index (χ2n) is 8.36. The molecule has 3 aromatic carbocycles. The first kappa shape index (κ1) is 22.5. The lowest BCUT2D eigenvalue weighted by atomic mass is 9.95. The Morgan fingerprint density at radius 1 is 0.971 bits per heavy atom. The van der Waals surface area contributed by atoms with Crippen molar-refractivity contribution in [2.24, 2.45) is 0 Å². The number of Topliss-reactive ketones (excluding diaryl/α,β-unsaturated/α-hetero) is 1. The molecule has 1 atom stereocenters. The average molecular weight is 472 g/mol. The normalized spacial score (nSPS) is 18.5. The number of hydrogen-bond donors (Lipinski definition) is 1. The van der Waals surface area contributed by atoms with Crippen molar-refractivity contribution in [3.63, 3.8) is 0 Å². The lowest BCUT2D eigenvalue weighted by Gasteiger charge is -2.25. The van der Waals surface area contributed by atoms with E-state index in [2.05, 4.69) is 0 Å². The van der Waals surface area contributed by atoms with Gasteiger partial charge in [-0.2, -0.15) is 0 Å². The van der Waals surface area contributed by atoms with Crippen molar-refractivity contribution in [1.29, 1.82) is 0 Å². The summed E-state index contributed by atoms with van der Waals surface area (Å²) in [5.74, 6) is 0.111. The van der Waals surface area contributed by atoms with Gasteiger partial charge in [-0.3, -0.25) is 9.59 Å². The van der Waals surface area contributed by atoms with Crippen molar-refractivity contribution >= 4 is 17.4 Å². The fourth-order valence-electron chi connectivity index (χ4n) is 4.48. The van der Waals surface area contributed by atoms with Crippen molar-refractivity contribution in [1.82, 2.24) is 4.90 Å². The van der Waals surface area contributed by atoms with Crippen LogP contribution in [0.2, 0.25) is 0 Å². The lowest BCUT2D eigenvalue weighted by Crippen LogP contribution is -2.31. The van der Waals surface area contributed by atoms with Gasteiger partial charge < -0.3 is 24.2 Å². The van der Waals surface area contributed by atoms with E-state index in [4.69, 9.17) is 14.2 Å². The third kappa shape index (κ3) is 4.33. The highest BCUT2D eigenvalue weighted by molar-refractivity contribution is 6.46. The number of ketones is 1. The summed E-state index contributed by atoms with van der Waals surface area (Å²) in [7, 11) is 1.57. The molecule has 3 aromatic rings. The molecule has 0 spiro atoms. The van der Waals surface area contributed by atoms with E-state index in [0.29, 0.717) is 54.6 Å². The summed E-state index contributed by atoms with van der Waals surface area (Å²) >= 11 is 0. The van der Waals surface area contributed by atoms with Gasteiger partial charge in [-0.15, -0.1) is 0 Å².